The summed E-state index contributed by atoms with van der Waals surface area (Å²) in [6.45, 7) is 8.74. The van der Waals surface area contributed by atoms with Gasteiger partial charge in [0.05, 0.1) is 18.0 Å². The molecule has 2 aliphatic heterocycles. The summed E-state index contributed by atoms with van der Waals surface area (Å²) in [5.41, 5.74) is 1.97. The summed E-state index contributed by atoms with van der Waals surface area (Å²) in [4.78, 5) is 33.8. The Hall–Kier alpha value is -1.89. The van der Waals surface area contributed by atoms with Crippen LogP contribution in [0.1, 0.15) is 42.8 Å². The highest BCUT2D eigenvalue weighted by Gasteiger charge is 2.38. The second-order valence-corrected chi connectivity index (χ2v) is 10.8. The van der Waals surface area contributed by atoms with Crippen molar-refractivity contribution in [2.45, 2.75) is 39.3 Å². The van der Waals surface area contributed by atoms with E-state index in [4.69, 9.17) is 11.6 Å². The smallest absolute Gasteiger partial charge is 0.236 e. The Morgan fingerprint density at radius 1 is 1.12 bits per heavy atom. The second-order valence-electron chi connectivity index (χ2n) is 9.54. The Kier molecular flexibility index (Phi) is 6.94. The van der Waals surface area contributed by atoms with Crippen LogP contribution in [0, 0.1) is 5.41 Å². The van der Waals surface area contributed by atoms with Crippen LogP contribution in [-0.4, -0.2) is 71.2 Å². The number of thiophene rings is 1. The van der Waals surface area contributed by atoms with Crippen molar-refractivity contribution in [1.82, 2.24) is 14.7 Å². The molecule has 0 bridgehead atoms. The minimum atomic E-state index is -0.586. The van der Waals surface area contributed by atoms with Crippen LogP contribution in [0.4, 0.5) is 0 Å². The lowest BCUT2D eigenvalue weighted by atomic mass is 9.92. The van der Waals surface area contributed by atoms with Crippen molar-refractivity contribution >= 4 is 34.8 Å². The SMILES string of the molecule is C[C@H]1CN(C(=O)CN2CCc3sccc3[C@H]2c2ccccc2)CCN1C(=O)C(C)(C)CCl. The van der Waals surface area contributed by atoms with Crippen LogP contribution in [-0.2, 0) is 16.0 Å². The Labute approximate surface area is 199 Å². The van der Waals surface area contributed by atoms with Crippen LogP contribution in [0.25, 0.3) is 0 Å². The highest BCUT2D eigenvalue weighted by Crippen LogP contribution is 2.37. The third-order valence-electron chi connectivity index (χ3n) is 6.67. The van der Waals surface area contributed by atoms with Gasteiger partial charge in [0.15, 0.2) is 0 Å². The third kappa shape index (κ3) is 4.59. The molecule has 1 fully saturated rings. The Balaban J connectivity index is 1.45. The average molecular weight is 474 g/mol. The van der Waals surface area contributed by atoms with Crippen molar-refractivity contribution in [3.63, 3.8) is 0 Å². The van der Waals surface area contributed by atoms with Crippen molar-refractivity contribution in [1.29, 1.82) is 0 Å². The van der Waals surface area contributed by atoms with Crippen molar-refractivity contribution < 1.29 is 9.59 Å². The van der Waals surface area contributed by atoms with Gasteiger partial charge in [0.25, 0.3) is 0 Å². The molecule has 4 rings (SSSR count). The molecule has 2 aromatic rings. The molecule has 0 spiro atoms. The molecule has 0 unspecified atom stereocenters. The predicted molar refractivity (Wildman–Crippen MR) is 130 cm³/mol. The molecule has 172 valence electrons. The van der Waals surface area contributed by atoms with Gasteiger partial charge in [-0.15, -0.1) is 22.9 Å². The van der Waals surface area contributed by atoms with Gasteiger partial charge in [-0.25, -0.2) is 0 Å². The summed E-state index contributed by atoms with van der Waals surface area (Å²) in [7, 11) is 0. The van der Waals surface area contributed by atoms with Gasteiger partial charge in [-0.1, -0.05) is 30.3 Å². The number of alkyl halides is 1. The number of fused-ring (bicyclic) bond motifs is 1. The fraction of sp³-hybridized carbons (Fsp3) is 0.520. The van der Waals surface area contributed by atoms with Crippen molar-refractivity contribution in [3.8, 4) is 0 Å². The number of carbonyl (C=O) groups excluding carboxylic acids is 2. The van der Waals surface area contributed by atoms with Crippen LogP contribution in [0.2, 0.25) is 0 Å². The highest BCUT2D eigenvalue weighted by atomic mass is 35.5. The number of halogens is 1. The summed E-state index contributed by atoms with van der Waals surface area (Å²) in [5, 5.41) is 2.16. The number of carbonyl (C=O) groups is 2. The quantitative estimate of drug-likeness (QED) is 0.616. The van der Waals surface area contributed by atoms with Gasteiger partial charge in [0, 0.05) is 43.0 Å². The van der Waals surface area contributed by atoms with Crippen LogP contribution >= 0.6 is 22.9 Å². The normalized spacial score (nSPS) is 22.0. The predicted octanol–water partition coefficient (Wildman–Crippen LogP) is 4.02. The molecule has 2 aliphatic rings. The van der Waals surface area contributed by atoms with Gasteiger partial charge < -0.3 is 9.80 Å². The lowest BCUT2D eigenvalue weighted by Crippen LogP contribution is -2.59. The number of benzene rings is 1. The molecular formula is C25H32ClN3O2S. The molecular weight excluding hydrogens is 442 g/mol. The van der Waals surface area contributed by atoms with Crippen LogP contribution in [0.5, 0.6) is 0 Å². The van der Waals surface area contributed by atoms with Gasteiger partial charge in [0.2, 0.25) is 11.8 Å². The van der Waals surface area contributed by atoms with Gasteiger partial charge in [-0.05, 0) is 49.8 Å². The van der Waals surface area contributed by atoms with Crippen molar-refractivity contribution in [2.24, 2.45) is 5.41 Å². The first-order chi connectivity index (χ1) is 15.3. The summed E-state index contributed by atoms with van der Waals surface area (Å²) in [6, 6.07) is 12.8. The van der Waals surface area contributed by atoms with E-state index in [2.05, 4.69) is 40.6 Å². The molecule has 7 heteroatoms. The number of hydrogen-bond donors (Lipinski definition) is 0. The summed E-state index contributed by atoms with van der Waals surface area (Å²) < 4.78 is 0. The first-order valence-corrected chi connectivity index (χ1v) is 12.7. The maximum Gasteiger partial charge on any atom is 0.236 e. The molecule has 0 aliphatic carbocycles. The van der Waals surface area contributed by atoms with E-state index in [1.54, 1.807) is 0 Å². The van der Waals surface area contributed by atoms with E-state index in [-0.39, 0.29) is 29.8 Å². The number of rotatable bonds is 5. The summed E-state index contributed by atoms with van der Waals surface area (Å²) in [6.07, 6.45) is 0.982. The maximum absolute atomic E-state index is 13.3. The molecule has 0 saturated carbocycles. The molecule has 3 heterocycles. The fourth-order valence-electron chi connectivity index (χ4n) is 4.77. The zero-order valence-corrected chi connectivity index (χ0v) is 20.7. The number of amides is 2. The Morgan fingerprint density at radius 2 is 1.88 bits per heavy atom. The average Bonchev–Trinajstić information content (AvgIpc) is 3.27. The number of nitrogens with zero attached hydrogens (tertiary/aromatic N) is 3. The Bertz CT molecular complexity index is 961. The second kappa shape index (κ2) is 9.54. The zero-order valence-electron chi connectivity index (χ0n) is 19.1. The lowest BCUT2D eigenvalue weighted by Gasteiger charge is -2.43. The van der Waals surface area contributed by atoms with E-state index in [0.29, 0.717) is 26.2 Å². The molecule has 2 amide bonds. The largest absolute Gasteiger partial charge is 0.338 e. The summed E-state index contributed by atoms with van der Waals surface area (Å²) >= 11 is 7.83. The van der Waals surface area contributed by atoms with Crippen LogP contribution in [0.3, 0.4) is 0 Å². The first kappa shape index (κ1) is 23.3. The van der Waals surface area contributed by atoms with Gasteiger partial charge >= 0.3 is 0 Å². The topological polar surface area (TPSA) is 43.9 Å². The standard InChI is InChI=1S/C25H32ClN3O2S/c1-18-15-27(12-13-29(18)24(31)25(2,3)17-26)22(30)16-28-11-9-21-20(10-14-32-21)23(28)19-7-5-4-6-8-19/h4-8,10,14,18,23H,9,11-13,15-17H2,1-3H3/t18-,23+/m0/s1. The molecule has 1 aromatic carbocycles. The molecule has 0 N–H and O–H groups in total. The number of piperazine rings is 1. The van der Waals surface area contributed by atoms with Crippen LogP contribution in [0.15, 0.2) is 41.8 Å². The molecule has 1 saturated heterocycles. The molecule has 32 heavy (non-hydrogen) atoms. The molecule has 5 nitrogen and oxygen atoms in total. The van der Waals surface area contributed by atoms with Crippen LogP contribution < -0.4 is 0 Å². The minimum Gasteiger partial charge on any atom is -0.338 e. The Morgan fingerprint density at radius 3 is 2.56 bits per heavy atom. The van der Waals surface area contributed by atoms with Gasteiger partial charge in [0.1, 0.15) is 0 Å². The number of hydrogen-bond acceptors (Lipinski definition) is 4. The zero-order chi connectivity index (χ0) is 22.9. The van der Waals surface area contributed by atoms with Gasteiger partial charge in [-0.3, -0.25) is 14.5 Å². The van der Waals surface area contributed by atoms with Crippen molar-refractivity contribution in [3.05, 3.63) is 57.8 Å². The monoisotopic (exact) mass is 473 g/mol. The highest BCUT2D eigenvalue weighted by molar-refractivity contribution is 7.10. The maximum atomic E-state index is 13.3. The van der Waals surface area contributed by atoms with Gasteiger partial charge in [-0.2, -0.15) is 0 Å². The van der Waals surface area contributed by atoms with E-state index in [1.165, 1.54) is 16.0 Å². The third-order valence-corrected chi connectivity index (χ3v) is 8.34. The molecule has 1 aromatic heterocycles. The van der Waals surface area contributed by atoms with E-state index < -0.39 is 5.41 Å². The lowest BCUT2D eigenvalue weighted by molar-refractivity contribution is -0.148. The fourth-order valence-corrected chi connectivity index (χ4v) is 5.79. The molecule has 0 radical (unpaired) electrons. The van der Waals surface area contributed by atoms with Crippen molar-refractivity contribution in [2.75, 3.05) is 38.6 Å². The van der Waals surface area contributed by atoms with E-state index in [0.717, 1.165) is 13.0 Å². The van der Waals surface area contributed by atoms with E-state index in [9.17, 15) is 9.59 Å². The minimum absolute atomic E-state index is 0.0163. The van der Waals surface area contributed by atoms with E-state index in [1.807, 2.05) is 48.0 Å². The molecule has 2 atom stereocenters. The van der Waals surface area contributed by atoms with E-state index >= 15 is 0 Å². The first-order valence-electron chi connectivity index (χ1n) is 11.3. The summed E-state index contributed by atoms with van der Waals surface area (Å²) in [5.74, 6) is 0.496.